The molecule has 7 nitrogen and oxygen atoms in total. The number of aromatic amines is 1. The number of rotatable bonds is 7. The Morgan fingerprint density at radius 2 is 1.77 bits per heavy atom. The number of carbonyl (C=O) groups is 1. The van der Waals surface area contributed by atoms with Gasteiger partial charge in [-0.3, -0.25) is 14.6 Å². The molecule has 0 fully saturated rings. The Kier molecular flexibility index (Phi) is 7.20. The Hall–Kier alpha value is -4.08. The Labute approximate surface area is 235 Å². The summed E-state index contributed by atoms with van der Waals surface area (Å²) in [6.07, 6.45) is 5.54. The first-order chi connectivity index (χ1) is 19.0. The minimum atomic E-state index is -4.38. The molecule has 4 aromatic rings. The third kappa shape index (κ3) is 4.98. The number of sulfone groups is 1. The lowest BCUT2D eigenvalue weighted by Crippen LogP contribution is -2.36. The Morgan fingerprint density at radius 3 is 2.45 bits per heavy atom. The van der Waals surface area contributed by atoms with Gasteiger partial charge in [0.15, 0.2) is 4.87 Å². The lowest BCUT2D eigenvalue weighted by atomic mass is 10.0. The van der Waals surface area contributed by atoms with Gasteiger partial charge in [-0.1, -0.05) is 41.9 Å². The third-order valence-electron chi connectivity index (χ3n) is 7.05. The van der Waals surface area contributed by atoms with Gasteiger partial charge in [0.1, 0.15) is 11.4 Å². The molecule has 0 saturated carbocycles. The zero-order valence-corrected chi connectivity index (χ0v) is 23.2. The number of nitrogens with zero attached hydrogens (tertiary/aromatic N) is 1. The van der Waals surface area contributed by atoms with E-state index in [4.69, 9.17) is 11.6 Å². The van der Waals surface area contributed by atoms with Gasteiger partial charge in [0.25, 0.3) is 5.91 Å². The number of aliphatic imine (C=N–C) groups is 1. The topological polar surface area (TPSA) is 108 Å². The van der Waals surface area contributed by atoms with E-state index in [1.807, 2.05) is 32.0 Å². The summed E-state index contributed by atoms with van der Waals surface area (Å²) in [5.41, 5.74) is 2.38. The minimum absolute atomic E-state index is 0.0108. The number of hydrogen-bond donors (Lipinski definition) is 2. The van der Waals surface area contributed by atoms with Crippen molar-refractivity contribution >= 4 is 44.5 Å². The molecule has 10 heteroatoms. The molecule has 0 bridgehead atoms. The summed E-state index contributed by atoms with van der Waals surface area (Å²) in [6, 6.07) is 14.2. The van der Waals surface area contributed by atoms with E-state index < -0.39 is 36.8 Å². The fraction of sp³-hybridized carbons (Fsp3) is 0.167. The Bertz CT molecular complexity index is 1870. The summed E-state index contributed by atoms with van der Waals surface area (Å²) in [5, 5.41) is 2.93. The molecule has 0 spiro atoms. The van der Waals surface area contributed by atoms with Crippen LogP contribution in [0.3, 0.4) is 0 Å². The van der Waals surface area contributed by atoms with E-state index in [0.717, 1.165) is 40.6 Å². The highest BCUT2D eigenvalue weighted by molar-refractivity contribution is 7.93. The second kappa shape index (κ2) is 10.5. The van der Waals surface area contributed by atoms with Crippen LogP contribution in [0.4, 0.5) is 4.39 Å². The summed E-state index contributed by atoms with van der Waals surface area (Å²) in [7, 11) is -4.38. The number of aryl methyl sites for hydroxylation is 2. The molecule has 1 aromatic heterocycles. The van der Waals surface area contributed by atoms with Crippen LogP contribution < -0.4 is 10.7 Å². The van der Waals surface area contributed by atoms with Crippen molar-refractivity contribution in [2.45, 2.75) is 36.6 Å². The van der Waals surface area contributed by atoms with Gasteiger partial charge in [0.2, 0.25) is 15.3 Å². The van der Waals surface area contributed by atoms with Gasteiger partial charge in [0, 0.05) is 30.4 Å². The average Bonchev–Trinajstić information content (AvgIpc) is 3.41. The van der Waals surface area contributed by atoms with Crippen molar-refractivity contribution in [1.29, 1.82) is 0 Å². The SMILES string of the molecule is Cc1ccc(CC2(S(=O)(=O)c3cc(F)cc4c(=O)c(C(=O)NCc5ccc(Cl)cc5)c[nH]c34)C=CC=N2)cc1C. The van der Waals surface area contributed by atoms with Crippen LogP contribution in [0.2, 0.25) is 5.02 Å². The molecule has 204 valence electrons. The van der Waals surface area contributed by atoms with Gasteiger partial charge in [-0.05, 0) is 72.5 Å². The van der Waals surface area contributed by atoms with Gasteiger partial charge in [0.05, 0.1) is 15.8 Å². The first-order valence-corrected chi connectivity index (χ1v) is 14.3. The van der Waals surface area contributed by atoms with Gasteiger partial charge < -0.3 is 10.3 Å². The van der Waals surface area contributed by atoms with Crippen LogP contribution in [0.15, 0.2) is 87.6 Å². The molecule has 1 atom stereocenters. The molecule has 0 aliphatic carbocycles. The van der Waals surface area contributed by atoms with Crippen molar-refractivity contribution in [2.24, 2.45) is 4.99 Å². The van der Waals surface area contributed by atoms with Crippen LogP contribution in [0.25, 0.3) is 10.9 Å². The predicted octanol–water partition coefficient (Wildman–Crippen LogP) is 5.22. The van der Waals surface area contributed by atoms with E-state index in [-0.39, 0.29) is 29.4 Å². The number of amides is 1. The number of allylic oxidation sites excluding steroid dienone is 1. The second-order valence-electron chi connectivity index (χ2n) is 9.75. The molecule has 1 aliphatic heterocycles. The zero-order chi connectivity index (χ0) is 28.7. The summed E-state index contributed by atoms with van der Waals surface area (Å²) in [5.74, 6) is -1.62. The fourth-order valence-electron chi connectivity index (χ4n) is 4.69. The lowest BCUT2D eigenvalue weighted by Gasteiger charge is -2.25. The van der Waals surface area contributed by atoms with Crippen molar-refractivity contribution in [1.82, 2.24) is 10.3 Å². The van der Waals surface area contributed by atoms with Crippen LogP contribution >= 0.6 is 11.6 Å². The standard InChI is InChI=1S/C30H25ClFN3O4S/c1-18-4-5-21(12-19(18)2)15-30(10-3-11-35-30)40(38,39)26-14-23(32)13-24-27(26)33-17-25(28(24)36)29(37)34-16-20-6-8-22(31)9-7-20/h3-14,17H,15-16H2,1-2H3,(H,33,36)(H,34,37). The first-order valence-electron chi connectivity index (χ1n) is 12.4. The molecule has 0 radical (unpaired) electrons. The lowest BCUT2D eigenvalue weighted by molar-refractivity contribution is 0.0949. The average molecular weight is 578 g/mol. The maximum atomic E-state index is 14.9. The fourth-order valence-corrected chi connectivity index (χ4v) is 6.71. The molecule has 2 N–H and O–H groups in total. The number of H-pyrrole nitrogens is 1. The van der Waals surface area contributed by atoms with E-state index in [1.54, 1.807) is 24.3 Å². The van der Waals surface area contributed by atoms with Gasteiger partial charge in [-0.25, -0.2) is 12.8 Å². The smallest absolute Gasteiger partial charge is 0.257 e. The Balaban J connectivity index is 1.54. The molecular weight excluding hydrogens is 553 g/mol. The van der Waals surface area contributed by atoms with E-state index >= 15 is 0 Å². The van der Waals surface area contributed by atoms with Gasteiger partial charge in [-0.15, -0.1) is 0 Å². The van der Waals surface area contributed by atoms with Crippen molar-refractivity contribution < 1.29 is 17.6 Å². The van der Waals surface area contributed by atoms with Crippen LogP contribution in [-0.4, -0.2) is 30.4 Å². The van der Waals surface area contributed by atoms with Crippen molar-refractivity contribution in [2.75, 3.05) is 0 Å². The van der Waals surface area contributed by atoms with Crippen LogP contribution in [0.5, 0.6) is 0 Å². The van der Waals surface area contributed by atoms with E-state index in [2.05, 4.69) is 15.3 Å². The number of aromatic nitrogens is 1. The summed E-state index contributed by atoms with van der Waals surface area (Å²) < 4.78 is 43.2. The molecule has 3 aromatic carbocycles. The van der Waals surface area contributed by atoms with Crippen LogP contribution in [0.1, 0.15) is 32.6 Å². The monoisotopic (exact) mass is 577 g/mol. The summed E-state index contributed by atoms with van der Waals surface area (Å²) in [6.45, 7) is 4.02. The highest BCUT2D eigenvalue weighted by Gasteiger charge is 2.45. The maximum Gasteiger partial charge on any atom is 0.257 e. The van der Waals surface area contributed by atoms with Gasteiger partial charge in [-0.2, -0.15) is 0 Å². The minimum Gasteiger partial charge on any atom is -0.359 e. The number of halogens is 2. The van der Waals surface area contributed by atoms with E-state index in [0.29, 0.717) is 5.02 Å². The van der Waals surface area contributed by atoms with Crippen LogP contribution in [-0.2, 0) is 22.8 Å². The summed E-state index contributed by atoms with van der Waals surface area (Å²) >= 11 is 5.89. The normalized spacial score (nSPS) is 16.5. The van der Waals surface area contributed by atoms with Crippen molar-refractivity contribution in [3.8, 4) is 0 Å². The number of nitrogens with one attached hydrogen (secondary N) is 2. The molecule has 5 rings (SSSR count). The van der Waals surface area contributed by atoms with Crippen molar-refractivity contribution in [3.63, 3.8) is 0 Å². The highest BCUT2D eigenvalue weighted by atomic mass is 35.5. The maximum absolute atomic E-state index is 14.9. The van der Waals surface area contributed by atoms with E-state index in [9.17, 15) is 22.4 Å². The zero-order valence-electron chi connectivity index (χ0n) is 21.7. The molecular formula is C30H25ClFN3O4S. The number of benzene rings is 3. The molecule has 1 amide bonds. The predicted molar refractivity (Wildman–Crippen MR) is 154 cm³/mol. The number of hydrogen-bond acceptors (Lipinski definition) is 5. The quantitative estimate of drug-likeness (QED) is 0.314. The second-order valence-corrected chi connectivity index (χ2v) is 12.3. The molecule has 2 heterocycles. The molecule has 0 saturated heterocycles. The number of pyridine rings is 1. The molecule has 1 aliphatic rings. The molecule has 1 unspecified atom stereocenters. The van der Waals surface area contributed by atoms with Crippen LogP contribution in [0, 0.1) is 19.7 Å². The van der Waals surface area contributed by atoms with Gasteiger partial charge >= 0.3 is 0 Å². The Morgan fingerprint density at radius 1 is 1.05 bits per heavy atom. The summed E-state index contributed by atoms with van der Waals surface area (Å²) in [4.78, 5) is 31.1. The largest absolute Gasteiger partial charge is 0.359 e. The van der Waals surface area contributed by atoms with E-state index in [1.165, 1.54) is 18.4 Å². The highest BCUT2D eigenvalue weighted by Crippen LogP contribution is 2.37. The molecule has 40 heavy (non-hydrogen) atoms. The van der Waals surface area contributed by atoms with Crippen molar-refractivity contribution in [3.05, 3.63) is 122 Å². The first kappa shape index (κ1) is 27.5. The number of carbonyl (C=O) groups excluding carboxylic acids is 1. The third-order valence-corrected chi connectivity index (χ3v) is 9.52. The number of fused-ring (bicyclic) bond motifs is 1.